The zero-order valence-corrected chi connectivity index (χ0v) is 14.9. The highest BCUT2D eigenvalue weighted by Gasteiger charge is 2.12. The molecule has 0 atom stereocenters. The quantitative estimate of drug-likeness (QED) is 0.716. The highest BCUT2D eigenvalue weighted by molar-refractivity contribution is 7.89. The van der Waals surface area contributed by atoms with Gasteiger partial charge in [0.25, 0.3) is 0 Å². The third-order valence-corrected chi connectivity index (χ3v) is 4.96. The molecule has 0 bridgehead atoms. The fourth-order valence-electron chi connectivity index (χ4n) is 2.24. The summed E-state index contributed by atoms with van der Waals surface area (Å²) in [5.74, 6) is 0.242. The molecule has 0 aliphatic carbocycles. The number of methoxy groups -OCH3 is 1. The zero-order chi connectivity index (χ0) is 18.1. The summed E-state index contributed by atoms with van der Waals surface area (Å²) < 4.78 is 31.3. The van der Waals surface area contributed by atoms with Crippen molar-refractivity contribution in [1.29, 1.82) is 0 Å². The van der Waals surface area contributed by atoms with Gasteiger partial charge >= 0.3 is 0 Å². The van der Waals surface area contributed by atoms with Crippen LogP contribution < -0.4 is 14.8 Å². The predicted molar refractivity (Wildman–Crippen MR) is 98.2 cm³/mol. The van der Waals surface area contributed by atoms with E-state index in [4.69, 9.17) is 4.74 Å². The molecule has 0 radical (unpaired) electrons. The number of rotatable bonds is 9. The molecule has 6 nitrogen and oxygen atoms in total. The standard InChI is InChI=1S/C18H22N2O4S/c1-24-17-11-9-16(10-12-17)20-18(21)14-19-25(22,23)13-5-8-15-6-3-2-4-7-15/h2-4,6-7,9-12,19H,5,8,13-14H2,1H3,(H,20,21). The van der Waals surface area contributed by atoms with E-state index in [1.54, 1.807) is 31.4 Å². The van der Waals surface area contributed by atoms with E-state index < -0.39 is 15.9 Å². The number of ether oxygens (including phenoxy) is 1. The molecule has 2 aromatic rings. The van der Waals surface area contributed by atoms with Gasteiger partial charge in [0.05, 0.1) is 19.4 Å². The van der Waals surface area contributed by atoms with Crippen molar-refractivity contribution in [3.63, 3.8) is 0 Å². The van der Waals surface area contributed by atoms with Crippen LogP contribution in [0.4, 0.5) is 5.69 Å². The van der Waals surface area contributed by atoms with Gasteiger partial charge in [-0.15, -0.1) is 0 Å². The lowest BCUT2D eigenvalue weighted by Gasteiger charge is -2.08. The first kappa shape index (κ1) is 19.0. The van der Waals surface area contributed by atoms with E-state index in [-0.39, 0.29) is 12.3 Å². The van der Waals surface area contributed by atoms with Crippen molar-refractivity contribution in [2.24, 2.45) is 0 Å². The van der Waals surface area contributed by atoms with Crippen molar-refractivity contribution in [3.8, 4) is 5.75 Å². The van der Waals surface area contributed by atoms with E-state index >= 15 is 0 Å². The summed E-state index contributed by atoms with van der Waals surface area (Å²) >= 11 is 0. The van der Waals surface area contributed by atoms with Crippen LogP contribution in [0.25, 0.3) is 0 Å². The maximum Gasteiger partial charge on any atom is 0.239 e. The number of nitrogens with one attached hydrogen (secondary N) is 2. The Balaban J connectivity index is 1.73. The minimum absolute atomic E-state index is 0.0162. The normalized spacial score (nSPS) is 11.1. The van der Waals surface area contributed by atoms with Crippen LogP contribution in [0.1, 0.15) is 12.0 Å². The molecule has 0 fully saturated rings. The number of carbonyl (C=O) groups is 1. The Labute approximate surface area is 148 Å². The van der Waals surface area contributed by atoms with Crippen LogP contribution in [-0.4, -0.2) is 33.7 Å². The average Bonchev–Trinajstić information content (AvgIpc) is 2.62. The molecule has 1 amide bonds. The maximum absolute atomic E-state index is 12.0. The first-order chi connectivity index (χ1) is 12.0. The van der Waals surface area contributed by atoms with Crippen molar-refractivity contribution < 1.29 is 17.9 Å². The van der Waals surface area contributed by atoms with Crippen LogP contribution in [0.15, 0.2) is 54.6 Å². The Morgan fingerprint density at radius 3 is 2.36 bits per heavy atom. The second kappa shape index (κ2) is 9.19. The number of aryl methyl sites for hydroxylation is 1. The molecule has 0 saturated carbocycles. The van der Waals surface area contributed by atoms with Crippen LogP contribution in [0, 0.1) is 0 Å². The molecule has 134 valence electrons. The highest BCUT2D eigenvalue weighted by atomic mass is 32.2. The number of amides is 1. The largest absolute Gasteiger partial charge is 0.497 e. The fraction of sp³-hybridized carbons (Fsp3) is 0.278. The van der Waals surface area contributed by atoms with Gasteiger partial charge in [0, 0.05) is 5.69 Å². The SMILES string of the molecule is COc1ccc(NC(=O)CNS(=O)(=O)CCCc2ccccc2)cc1. The summed E-state index contributed by atoms with van der Waals surface area (Å²) in [6.07, 6.45) is 1.18. The summed E-state index contributed by atoms with van der Waals surface area (Å²) in [6, 6.07) is 16.5. The number of hydrogen-bond donors (Lipinski definition) is 2. The van der Waals surface area contributed by atoms with E-state index in [1.807, 2.05) is 30.3 Å². The molecule has 7 heteroatoms. The summed E-state index contributed by atoms with van der Waals surface area (Å²) in [5.41, 5.74) is 1.67. The number of carbonyl (C=O) groups excluding carboxylic acids is 1. The molecule has 2 aromatic carbocycles. The van der Waals surface area contributed by atoms with Gasteiger partial charge in [-0.05, 0) is 42.7 Å². The van der Waals surface area contributed by atoms with Crippen molar-refractivity contribution in [1.82, 2.24) is 4.72 Å². The van der Waals surface area contributed by atoms with Gasteiger partial charge < -0.3 is 10.1 Å². The van der Waals surface area contributed by atoms with Crippen LogP contribution in [-0.2, 0) is 21.2 Å². The van der Waals surface area contributed by atoms with Gasteiger partial charge in [-0.1, -0.05) is 30.3 Å². The third kappa shape index (κ3) is 6.94. The number of sulfonamides is 1. The lowest BCUT2D eigenvalue weighted by Crippen LogP contribution is -2.34. The van der Waals surface area contributed by atoms with E-state index in [1.165, 1.54) is 0 Å². The Morgan fingerprint density at radius 2 is 1.72 bits per heavy atom. The van der Waals surface area contributed by atoms with Crippen molar-refractivity contribution in [3.05, 3.63) is 60.2 Å². The highest BCUT2D eigenvalue weighted by Crippen LogP contribution is 2.14. The molecule has 0 unspecified atom stereocenters. The van der Waals surface area contributed by atoms with Gasteiger partial charge in [0.1, 0.15) is 5.75 Å². The minimum atomic E-state index is -3.48. The fourth-order valence-corrected chi connectivity index (χ4v) is 3.26. The molecular weight excluding hydrogens is 340 g/mol. The lowest BCUT2D eigenvalue weighted by molar-refractivity contribution is -0.115. The molecule has 0 aliphatic heterocycles. The summed E-state index contributed by atoms with van der Waals surface area (Å²) in [4.78, 5) is 11.8. The second-order valence-electron chi connectivity index (χ2n) is 5.51. The Kier molecular flexibility index (Phi) is 6.97. The summed E-state index contributed by atoms with van der Waals surface area (Å²) in [5, 5.41) is 2.63. The molecule has 0 aromatic heterocycles. The topological polar surface area (TPSA) is 84.5 Å². The van der Waals surface area contributed by atoms with E-state index in [0.717, 1.165) is 5.56 Å². The Morgan fingerprint density at radius 1 is 1.04 bits per heavy atom. The molecule has 0 saturated heterocycles. The number of benzene rings is 2. The van der Waals surface area contributed by atoms with Gasteiger partial charge in [0.2, 0.25) is 15.9 Å². The van der Waals surface area contributed by atoms with Gasteiger partial charge in [-0.3, -0.25) is 4.79 Å². The zero-order valence-electron chi connectivity index (χ0n) is 14.1. The second-order valence-corrected chi connectivity index (χ2v) is 7.43. The van der Waals surface area contributed by atoms with Crippen LogP contribution in [0.5, 0.6) is 5.75 Å². The monoisotopic (exact) mass is 362 g/mol. The van der Waals surface area contributed by atoms with Crippen LogP contribution in [0.2, 0.25) is 0 Å². The maximum atomic E-state index is 12.0. The lowest BCUT2D eigenvalue weighted by atomic mass is 10.1. The molecule has 0 heterocycles. The number of hydrogen-bond acceptors (Lipinski definition) is 4. The van der Waals surface area contributed by atoms with Crippen LogP contribution >= 0.6 is 0 Å². The van der Waals surface area contributed by atoms with E-state index in [0.29, 0.717) is 24.3 Å². The molecule has 25 heavy (non-hydrogen) atoms. The number of anilines is 1. The van der Waals surface area contributed by atoms with Crippen LogP contribution in [0.3, 0.4) is 0 Å². The molecule has 0 spiro atoms. The molecule has 2 rings (SSSR count). The molecular formula is C18H22N2O4S. The average molecular weight is 362 g/mol. The van der Waals surface area contributed by atoms with E-state index in [2.05, 4.69) is 10.0 Å². The first-order valence-corrected chi connectivity index (χ1v) is 9.59. The van der Waals surface area contributed by atoms with E-state index in [9.17, 15) is 13.2 Å². The third-order valence-electron chi connectivity index (χ3n) is 3.55. The molecule has 2 N–H and O–H groups in total. The van der Waals surface area contributed by atoms with Gasteiger partial charge in [-0.2, -0.15) is 0 Å². The van der Waals surface area contributed by atoms with Crippen molar-refractivity contribution in [2.75, 3.05) is 24.7 Å². The first-order valence-electron chi connectivity index (χ1n) is 7.94. The predicted octanol–water partition coefficient (Wildman–Crippen LogP) is 2.19. The van der Waals surface area contributed by atoms with Gasteiger partial charge in [0.15, 0.2) is 0 Å². The van der Waals surface area contributed by atoms with Crippen molar-refractivity contribution in [2.45, 2.75) is 12.8 Å². The Hall–Kier alpha value is -2.38. The van der Waals surface area contributed by atoms with Crippen molar-refractivity contribution >= 4 is 21.6 Å². The molecule has 0 aliphatic rings. The summed E-state index contributed by atoms with van der Waals surface area (Å²) in [7, 11) is -1.92. The Bertz CT molecular complexity index is 774. The van der Waals surface area contributed by atoms with Gasteiger partial charge in [-0.25, -0.2) is 13.1 Å². The summed E-state index contributed by atoms with van der Waals surface area (Å²) in [6.45, 7) is -0.292. The smallest absolute Gasteiger partial charge is 0.239 e. The minimum Gasteiger partial charge on any atom is -0.497 e.